The molecule has 1 aromatic rings. The molecule has 2 rings (SSSR count). The molecule has 1 heterocycles. The van der Waals surface area contributed by atoms with Crippen LogP contribution < -0.4 is 0 Å². The quantitative estimate of drug-likeness (QED) is 0.793. The van der Waals surface area contributed by atoms with Crippen molar-refractivity contribution in [1.82, 2.24) is 0 Å². The van der Waals surface area contributed by atoms with Gasteiger partial charge in [-0.05, 0) is 24.0 Å². The topological polar surface area (TPSA) is 93.1 Å². The maximum Gasteiger partial charge on any atom is 0.339 e. The molecule has 0 spiro atoms. The molecule has 6 nitrogen and oxygen atoms in total. The molecular formula is C19H26O6. The van der Waals surface area contributed by atoms with Gasteiger partial charge < -0.3 is 19.7 Å². The van der Waals surface area contributed by atoms with E-state index >= 15 is 0 Å². The van der Waals surface area contributed by atoms with Gasteiger partial charge in [0.05, 0.1) is 29.9 Å². The van der Waals surface area contributed by atoms with Gasteiger partial charge in [-0.2, -0.15) is 0 Å². The summed E-state index contributed by atoms with van der Waals surface area (Å²) in [5, 5.41) is 19.7. The smallest absolute Gasteiger partial charge is 0.339 e. The van der Waals surface area contributed by atoms with E-state index in [0.29, 0.717) is 5.92 Å². The summed E-state index contributed by atoms with van der Waals surface area (Å²) in [6, 6.07) is 5.85. The minimum absolute atomic E-state index is 0.0347. The van der Waals surface area contributed by atoms with Crippen molar-refractivity contribution in [3.05, 3.63) is 35.4 Å². The number of carbonyl (C=O) groups excluding carboxylic acids is 1. The van der Waals surface area contributed by atoms with Crippen LogP contribution in [-0.4, -0.2) is 47.1 Å². The van der Waals surface area contributed by atoms with E-state index in [0.717, 1.165) is 0 Å². The highest BCUT2D eigenvalue weighted by atomic mass is 16.6. The van der Waals surface area contributed by atoms with E-state index in [2.05, 4.69) is 20.8 Å². The molecule has 0 aliphatic carbocycles. The Morgan fingerprint density at radius 2 is 1.80 bits per heavy atom. The summed E-state index contributed by atoms with van der Waals surface area (Å²) in [6.45, 7) is 8.24. The van der Waals surface area contributed by atoms with Crippen LogP contribution in [-0.2, 0) is 9.47 Å². The van der Waals surface area contributed by atoms with Gasteiger partial charge in [-0.25, -0.2) is 9.59 Å². The number of hydrogen-bond donors (Lipinski definition) is 2. The molecule has 6 heteroatoms. The van der Waals surface area contributed by atoms with Crippen LogP contribution >= 0.6 is 0 Å². The Kier molecular flexibility index (Phi) is 6.19. The van der Waals surface area contributed by atoms with Crippen molar-refractivity contribution in [2.75, 3.05) is 6.61 Å². The minimum atomic E-state index is -1.20. The summed E-state index contributed by atoms with van der Waals surface area (Å²) in [5.41, 5.74) is -0.161. The molecule has 0 amide bonds. The maximum atomic E-state index is 12.4. The number of ether oxygens (including phenoxy) is 2. The van der Waals surface area contributed by atoms with Gasteiger partial charge in [0.2, 0.25) is 0 Å². The van der Waals surface area contributed by atoms with Gasteiger partial charge >= 0.3 is 11.9 Å². The molecule has 1 fully saturated rings. The van der Waals surface area contributed by atoms with Gasteiger partial charge in [0.25, 0.3) is 0 Å². The lowest BCUT2D eigenvalue weighted by Crippen LogP contribution is -2.52. The van der Waals surface area contributed by atoms with Gasteiger partial charge in [0.1, 0.15) is 0 Å². The van der Waals surface area contributed by atoms with E-state index in [1.165, 1.54) is 12.1 Å². The van der Waals surface area contributed by atoms with Crippen LogP contribution in [0.25, 0.3) is 0 Å². The second-order valence-electron chi connectivity index (χ2n) is 7.05. The highest BCUT2D eigenvalue weighted by Gasteiger charge is 2.41. The summed E-state index contributed by atoms with van der Waals surface area (Å²) in [5.74, 6) is -1.51. The Labute approximate surface area is 147 Å². The molecule has 1 saturated heterocycles. The van der Waals surface area contributed by atoms with E-state index in [4.69, 9.17) is 9.47 Å². The lowest BCUT2D eigenvalue weighted by molar-refractivity contribution is -0.172. The zero-order valence-corrected chi connectivity index (χ0v) is 15.0. The van der Waals surface area contributed by atoms with Crippen molar-refractivity contribution in [3.8, 4) is 0 Å². The SMILES string of the molecule is CC(C)C(C)[C@@H]1OC[C@H](OC(=O)c2ccccc2C(=O)O)[C@H](O)[C@H]1C. The predicted octanol–water partition coefficient (Wildman–Crippen LogP) is 2.60. The largest absolute Gasteiger partial charge is 0.478 e. The monoisotopic (exact) mass is 350 g/mol. The van der Waals surface area contributed by atoms with Crippen molar-refractivity contribution < 1.29 is 29.3 Å². The minimum Gasteiger partial charge on any atom is -0.478 e. The van der Waals surface area contributed by atoms with Crippen LogP contribution in [0.3, 0.4) is 0 Å². The highest BCUT2D eigenvalue weighted by Crippen LogP contribution is 2.31. The molecule has 1 aromatic carbocycles. The average molecular weight is 350 g/mol. The van der Waals surface area contributed by atoms with E-state index in [1.807, 2.05) is 6.92 Å². The van der Waals surface area contributed by atoms with Crippen molar-refractivity contribution in [3.63, 3.8) is 0 Å². The summed E-state index contributed by atoms with van der Waals surface area (Å²) >= 11 is 0. The third-order valence-corrected chi connectivity index (χ3v) is 5.10. The van der Waals surface area contributed by atoms with Crippen LogP contribution in [0.2, 0.25) is 0 Å². The number of carboxylic acids is 1. The van der Waals surface area contributed by atoms with Crippen LogP contribution in [0, 0.1) is 17.8 Å². The number of carbonyl (C=O) groups is 2. The van der Waals surface area contributed by atoms with E-state index in [-0.39, 0.29) is 35.7 Å². The molecule has 0 bridgehead atoms. The molecule has 2 N–H and O–H groups in total. The Bertz CT molecular complexity index is 626. The number of benzene rings is 1. The van der Waals surface area contributed by atoms with Crippen LogP contribution in [0.1, 0.15) is 48.4 Å². The van der Waals surface area contributed by atoms with Crippen LogP contribution in [0.15, 0.2) is 24.3 Å². The van der Waals surface area contributed by atoms with Gasteiger partial charge in [-0.1, -0.05) is 39.8 Å². The zero-order chi connectivity index (χ0) is 18.7. The molecule has 0 radical (unpaired) electrons. The molecule has 0 aromatic heterocycles. The fraction of sp³-hybridized carbons (Fsp3) is 0.579. The summed E-state index contributed by atoms with van der Waals surface area (Å²) < 4.78 is 11.2. The third-order valence-electron chi connectivity index (χ3n) is 5.10. The van der Waals surface area contributed by atoms with Crippen molar-refractivity contribution in [2.45, 2.75) is 46.0 Å². The number of hydrogen-bond acceptors (Lipinski definition) is 5. The van der Waals surface area contributed by atoms with Crippen molar-refractivity contribution in [2.24, 2.45) is 17.8 Å². The predicted molar refractivity (Wildman–Crippen MR) is 91.5 cm³/mol. The normalized spacial score (nSPS) is 27.8. The summed E-state index contributed by atoms with van der Waals surface area (Å²) in [4.78, 5) is 23.6. The fourth-order valence-corrected chi connectivity index (χ4v) is 3.15. The summed E-state index contributed by atoms with van der Waals surface area (Å²) in [6.07, 6.45) is -1.79. The van der Waals surface area contributed by atoms with Gasteiger partial charge in [0.15, 0.2) is 6.10 Å². The number of aliphatic hydroxyl groups excluding tert-OH is 1. The number of esters is 1. The Hall–Kier alpha value is -1.92. The van der Waals surface area contributed by atoms with Crippen LogP contribution in [0.5, 0.6) is 0 Å². The molecule has 1 aliphatic heterocycles. The van der Waals surface area contributed by atoms with Crippen molar-refractivity contribution in [1.29, 1.82) is 0 Å². The van der Waals surface area contributed by atoms with E-state index in [1.54, 1.807) is 12.1 Å². The number of rotatable bonds is 5. The lowest BCUT2D eigenvalue weighted by atomic mass is 9.80. The first-order chi connectivity index (χ1) is 11.7. The number of carboxylic acid groups (broad SMARTS) is 1. The zero-order valence-electron chi connectivity index (χ0n) is 15.0. The second-order valence-corrected chi connectivity index (χ2v) is 7.05. The van der Waals surface area contributed by atoms with Crippen molar-refractivity contribution >= 4 is 11.9 Å². The molecule has 1 aliphatic rings. The van der Waals surface area contributed by atoms with Crippen LogP contribution in [0.4, 0.5) is 0 Å². The van der Waals surface area contributed by atoms with E-state index < -0.39 is 24.1 Å². The molecule has 138 valence electrons. The number of aliphatic hydroxyl groups is 1. The fourth-order valence-electron chi connectivity index (χ4n) is 3.15. The van der Waals surface area contributed by atoms with Gasteiger partial charge in [-0.3, -0.25) is 0 Å². The molecule has 25 heavy (non-hydrogen) atoms. The third kappa shape index (κ3) is 4.19. The first kappa shape index (κ1) is 19.4. The Morgan fingerprint density at radius 3 is 2.36 bits per heavy atom. The maximum absolute atomic E-state index is 12.4. The summed E-state index contributed by atoms with van der Waals surface area (Å²) in [7, 11) is 0. The van der Waals surface area contributed by atoms with E-state index in [9.17, 15) is 19.8 Å². The number of aromatic carboxylic acids is 1. The highest BCUT2D eigenvalue weighted by molar-refractivity contribution is 6.02. The standard InChI is InChI=1S/C19H26O6/c1-10(2)11(3)17-12(4)16(20)15(9-24-17)25-19(23)14-8-6-5-7-13(14)18(21)22/h5-8,10-12,15-17,20H,9H2,1-4H3,(H,21,22)/t11?,12-,15+,16-,17+/m1/s1. The van der Waals surface area contributed by atoms with Gasteiger partial charge in [-0.15, -0.1) is 0 Å². The molecule has 5 atom stereocenters. The first-order valence-electron chi connectivity index (χ1n) is 8.57. The average Bonchev–Trinajstić information content (AvgIpc) is 2.58. The molecule has 1 unspecified atom stereocenters. The molecule has 0 saturated carbocycles. The second kappa shape index (κ2) is 7.97. The molecular weight excluding hydrogens is 324 g/mol. The first-order valence-corrected chi connectivity index (χ1v) is 8.57. The Morgan fingerprint density at radius 1 is 1.20 bits per heavy atom. The lowest BCUT2D eigenvalue weighted by Gasteiger charge is -2.41. The Balaban J connectivity index is 2.09. The van der Waals surface area contributed by atoms with Gasteiger partial charge in [0, 0.05) is 5.92 Å².